The van der Waals surface area contributed by atoms with Crippen molar-refractivity contribution in [1.29, 1.82) is 0 Å². The molecule has 3 heterocycles. The van der Waals surface area contributed by atoms with Gasteiger partial charge in [-0.1, -0.05) is 28.9 Å². The number of rotatable bonds is 4. The third-order valence-electron chi connectivity index (χ3n) is 5.12. The van der Waals surface area contributed by atoms with E-state index in [1.54, 1.807) is 6.20 Å². The Morgan fingerprint density at radius 2 is 2.10 bits per heavy atom. The van der Waals surface area contributed by atoms with E-state index in [4.69, 9.17) is 9.73 Å². The van der Waals surface area contributed by atoms with Gasteiger partial charge in [0.05, 0.1) is 30.6 Å². The van der Waals surface area contributed by atoms with Crippen LogP contribution in [0.2, 0.25) is 0 Å². The summed E-state index contributed by atoms with van der Waals surface area (Å²) in [5.74, 6) is 0.458. The molecule has 4 rings (SSSR count). The van der Waals surface area contributed by atoms with Crippen LogP contribution in [0.3, 0.4) is 0 Å². The van der Waals surface area contributed by atoms with Crippen LogP contribution in [0.1, 0.15) is 42.2 Å². The van der Waals surface area contributed by atoms with Crippen molar-refractivity contribution in [2.45, 2.75) is 26.3 Å². The minimum absolute atomic E-state index is 0.0977. The number of methoxy groups -OCH3 is 1. The number of fused-ring (bicyclic) bond motifs is 3. The lowest BCUT2D eigenvalue weighted by molar-refractivity contribution is -0.141. The quantitative estimate of drug-likeness (QED) is 0.549. The molecule has 0 N–H and O–H groups in total. The second kappa shape index (κ2) is 7.91. The average Bonchev–Trinajstić information content (AvgIpc) is 3.03. The fraction of sp³-hybridized carbons (Fsp3) is 0.273. The summed E-state index contributed by atoms with van der Waals surface area (Å²) in [6.45, 7) is 4.03. The Labute approximate surface area is 177 Å². The maximum Gasteiger partial charge on any atom is 0.305 e. The van der Waals surface area contributed by atoms with Crippen molar-refractivity contribution in [1.82, 2.24) is 14.5 Å². The summed E-state index contributed by atoms with van der Waals surface area (Å²) < 4.78 is 7.98. The van der Waals surface area contributed by atoms with E-state index in [9.17, 15) is 4.79 Å². The van der Waals surface area contributed by atoms with Crippen molar-refractivity contribution in [2.75, 3.05) is 7.11 Å². The van der Waals surface area contributed by atoms with Crippen LogP contribution in [-0.2, 0) is 9.53 Å². The van der Waals surface area contributed by atoms with Gasteiger partial charge in [-0.05, 0) is 43.2 Å². The molecule has 1 aliphatic rings. The van der Waals surface area contributed by atoms with Gasteiger partial charge < -0.3 is 4.74 Å². The van der Waals surface area contributed by atoms with Crippen LogP contribution < -0.4 is 0 Å². The second-order valence-electron chi connectivity index (χ2n) is 7.15. The van der Waals surface area contributed by atoms with E-state index in [0.717, 1.165) is 38.6 Å². The SMILES string of the molecule is COC(=O)CC(C)C1N=C(c2ccccn2)c2cc(Br)ccc2-n2c(C)cnc21. The van der Waals surface area contributed by atoms with Crippen molar-refractivity contribution >= 4 is 27.6 Å². The van der Waals surface area contributed by atoms with E-state index in [2.05, 4.69) is 42.6 Å². The maximum atomic E-state index is 12.0. The molecule has 0 amide bonds. The van der Waals surface area contributed by atoms with Gasteiger partial charge in [0.2, 0.25) is 0 Å². The molecule has 148 valence electrons. The second-order valence-corrected chi connectivity index (χ2v) is 8.07. The molecule has 1 aliphatic heterocycles. The molecule has 0 fully saturated rings. The van der Waals surface area contributed by atoms with Crippen LogP contribution in [0.4, 0.5) is 0 Å². The predicted octanol–water partition coefficient (Wildman–Crippen LogP) is 4.43. The first-order chi connectivity index (χ1) is 14.0. The summed E-state index contributed by atoms with van der Waals surface area (Å²) in [7, 11) is 1.41. The largest absolute Gasteiger partial charge is 0.469 e. The summed E-state index contributed by atoms with van der Waals surface area (Å²) in [5, 5.41) is 0. The number of carbonyl (C=O) groups excluding carboxylic acids is 1. The lowest BCUT2D eigenvalue weighted by atomic mass is 9.97. The van der Waals surface area contributed by atoms with E-state index >= 15 is 0 Å². The van der Waals surface area contributed by atoms with Gasteiger partial charge in [0, 0.05) is 28.1 Å². The molecule has 0 spiro atoms. The number of ether oxygens (including phenoxy) is 1. The highest BCUT2D eigenvalue weighted by Crippen LogP contribution is 2.37. The number of esters is 1. The highest BCUT2D eigenvalue weighted by atomic mass is 79.9. The number of aryl methyl sites for hydroxylation is 1. The van der Waals surface area contributed by atoms with Crippen LogP contribution >= 0.6 is 15.9 Å². The fourth-order valence-corrected chi connectivity index (χ4v) is 4.04. The zero-order chi connectivity index (χ0) is 20.5. The first kappa shape index (κ1) is 19.5. The number of hydrogen-bond donors (Lipinski definition) is 0. The molecule has 1 aromatic carbocycles. The van der Waals surface area contributed by atoms with Crippen LogP contribution in [-0.4, -0.2) is 33.3 Å². The first-order valence-electron chi connectivity index (χ1n) is 9.40. The van der Waals surface area contributed by atoms with E-state index in [0.29, 0.717) is 0 Å². The molecule has 0 bridgehead atoms. The highest BCUT2D eigenvalue weighted by Gasteiger charge is 2.32. The Bertz CT molecular complexity index is 1090. The van der Waals surface area contributed by atoms with Gasteiger partial charge in [-0.3, -0.25) is 19.3 Å². The number of imidazole rings is 1. The predicted molar refractivity (Wildman–Crippen MR) is 114 cm³/mol. The van der Waals surface area contributed by atoms with Gasteiger partial charge in [-0.25, -0.2) is 4.98 Å². The lowest BCUT2D eigenvalue weighted by Gasteiger charge is -2.19. The first-order valence-corrected chi connectivity index (χ1v) is 10.2. The van der Waals surface area contributed by atoms with Crippen molar-refractivity contribution < 1.29 is 9.53 Å². The van der Waals surface area contributed by atoms with Crippen molar-refractivity contribution in [3.8, 4) is 5.69 Å². The van der Waals surface area contributed by atoms with Crippen molar-refractivity contribution in [3.05, 3.63) is 76.0 Å². The Morgan fingerprint density at radius 3 is 2.83 bits per heavy atom. The Hall–Kier alpha value is -2.80. The Balaban J connectivity index is 1.97. The topological polar surface area (TPSA) is 69.4 Å². The molecule has 2 atom stereocenters. The van der Waals surface area contributed by atoms with Gasteiger partial charge in [0.1, 0.15) is 11.9 Å². The zero-order valence-electron chi connectivity index (χ0n) is 16.5. The third-order valence-corrected chi connectivity index (χ3v) is 5.61. The van der Waals surface area contributed by atoms with Gasteiger partial charge in [0.15, 0.2) is 0 Å². The van der Waals surface area contributed by atoms with E-state index in [-0.39, 0.29) is 24.3 Å². The molecule has 0 aliphatic carbocycles. The van der Waals surface area contributed by atoms with Crippen molar-refractivity contribution in [2.24, 2.45) is 10.9 Å². The number of carbonyl (C=O) groups is 1. The van der Waals surface area contributed by atoms with Crippen molar-refractivity contribution in [3.63, 3.8) is 0 Å². The minimum Gasteiger partial charge on any atom is -0.469 e. The molecule has 7 heteroatoms. The zero-order valence-corrected chi connectivity index (χ0v) is 18.0. The monoisotopic (exact) mass is 452 g/mol. The van der Waals surface area contributed by atoms with Crippen LogP contribution in [0.25, 0.3) is 5.69 Å². The molecule has 2 aromatic heterocycles. The van der Waals surface area contributed by atoms with Gasteiger partial charge in [0.25, 0.3) is 0 Å². The summed E-state index contributed by atoms with van der Waals surface area (Å²) in [5.41, 5.74) is 4.54. The molecule has 6 nitrogen and oxygen atoms in total. The third kappa shape index (κ3) is 3.62. The number of benzene rings is 1. The molecule has 3 aromatic rings. The highest BCUT2D eigenvalue weighted by molar-refractivity contribution is 9.10. The van der Waals surface area contributed by atoms with Gasteiger partial charge in [-0.15, -0.1) is 0 Å². The molecule has 2 unspecified atom stereocenters. The number of pyridine rings is 1. The van der Waals surface area contributed by atoms with E-state index in [1.165, 1.54) is 7.11 Å². The summed E-state index contributed by atoms with van der Waals surface area (Å²) in [4.78, 5) is 26.3. The fourth-order valence-electron chi connectivity index (χ4n) is 3.68. The number of aliphatic imine (C=N–C) groups is 1. The molecule has 0 radical (unpaired) electrons. The van der Waals surface area contributed by atoms with Crippen LogP contribution in [0.5, 0.6) is 0 Å². The van der Waals surface area contributed by atoms with Gasteiger partial charge in [-0.2, -0.15) is 0 Å². The van der Waals surface area contributed by atoms with E-state index < -0.39 is 0 Å². The lowest BCUT2D eigenvalue weighted by Crippen LogP contribution is -2.17. The Kier molecular flexibility index (Phi) is 5.32. The normalized spacial score (nSPS) is 16.3. The van der Waals surface area contributed by atoms with Gasteiger partial charge >= 0.3 is 5.97 Å². The minimum atomic E-state index is -0.314. The standard InChI is InChI=1S/C22H21BrN4O2/c1-13(10-19(28)29-3)20-22-25-12-14(2)27(22)18-8-7-15(23)11-16(18)21(26-20)17-6-4-5-9-24-17/h4-9,11-13,20H,10H2,1-3H3. The molecule has 0 saturated carbocycles. The van der Waals surface area contributed by atoms with E-state index in [1.807, 2.05) is 44.3 Å². The van der Waals surface area contributed by atoms with Crippen LogP contribution in [0, 0.1) is 12.8 Å². The molecular formula is C22H21BrN4O2. The Morgan fingerprint density at radius 1 is 1.28 bits per heavy atom. The smallest absolute Gasteiger partial charge is 0.305 e. The molecule has 29 heavy (non-hydrogen) atoms. The number of halogens is 1. The molecular weight excluding hydrogens is 432 g/mol. The van der Waals surface area contributed by atoms with Crippen LogP contribution in [0.15, 0.2) is 58.3 Å². The maximum absolute atomic E-state index is 12.0. The summed E-state index contributed by atoms with van der Waals surface area (Å²) in [6, 6.07) is 11.6. The molecule has 0 saturated heterocycles. The average molecular weight is 453 g/mol. The summed E-state index contributed by atoms with van der Waals surface area (Å²) in [6.07, 6.45) is 3.86. The number of aromatic nitrogens is 3. The summed E-state index contributed by atoms with van der Waals surface area (Å²) >= 11 is 3.59. The number of nitrogens with zero attached hydrogens (tertiary/aromatic N) is 4. The number of hydrogen-bond acceptors (Lipinski definition) is 5.